The lowest BCUT2D eigenvalue weighted by Crippen LogP contribution is -2.39. The molecule has 0 aliphatic carbocycles. The van der Waals surface area contributed by atoms with Crippen molar-refractivity contribution in [3.63, 3.8) is 0 Å². The van der Waals surface area contributed by atoms with Crippen LogP contribution >= 0.6 is 0 Å². The molecule has 0 aliphatic heterocycles. The summed E-state index contributed by atoms with van der Waals surface area (Å²) in [6.45, 7) is 34.5. The zero-order valence-electron chi connectivity index (χ0n) is 26.8. The maximum atomic E-state index is 3.92. The first kappa shape index (κ1) is 34.6. The van der Waals surface area contributed by atoms with E-state index in [0.717, 1.165) is 12.8 Å². The maximum Gasteiger partial charge on any atom is 0.0998 e. The predicted octanol–water partition coefficient (Wildman–Crippen LogP) is 11.3. The monoisotopic (exact) mass is 494 g/mol. The molecule has 0 saturated heterocycles. The van der Waals surface area contributed by atoms with Gasteiger partial charge in [-0.15, -0.1) is 0 Å². The van der Waals surface area contributed by atoms with Crippen LogP contribution in [0.2, 0.25) is 0 Å². The van der Waals surface area contributed by atoms with Gasteiger partial charge in [0.1, 0.15) is 0 Å². The highest BCUT2D eigenvalue weighted by Crippen LogP contribution is 2.51. The van der Waals surface area contributed by atoms with Crippen LogP contribution < -0.4 is 0 Å². The minimum absolute atomic E-state index is 0.0637. The smallest absolute Gasteiger partial charge is 0.0907 e. The lowest BCUT2D eigenvalue weighted by atomic mass is 9.59. The van der Waals surface area contributed by atoms with Crippen molar-refractivity contribution in [1.29, 1.82) is 0 Å². The molecule has 0 aromatic carbocycles. The second kappa shape index (κ2) is 15.8. The molecule has 0 amide bonds. The van der Waals surface area contributed by atoms with Crippen molar-refractivity contribution in [3.8, 4) is 23.7 Å². The topological polar surface area (TPSA) is 0 Å². The Balaban J connectivity index is 7.73. The van der Waals surface area contributed by atoms with Crippen molar-refractivity contribution in [2.24, 2.45) is 39.9 Å². The standard InChI is InChI=1S/C36H62/c1-15-20-24-35(23-17-3,30(10)18-4)33(29(8)9)32(27-28(6)7)22-26-36(25-21-16-2,31(11)19-5)34(12,13)14/h16,28-31H,2,15,17-20,23-24,27H2,1,3-14H3. The van der Waals surface area contributed by atoms with Crippen LogP contribution in [0.15, 0.2) is 23.8 Å². The summed E-state index contributed by atoms with van der Waals surface area (Å²) < 4.78 is 0. The van der Waals surface area contributed by atoms with Gasteiger partial charge in [-0.2, -0.15) is 0 Å². The van der Waals surface area contributed by atoms with Crippen LogP contribution in [0, 0.1) is 63.6 Å². The van der Waals surface area contributed by atoms with Crippen molar-refractivity contribution < 1.29 is 0 Å². The summed E-state index contributed by atoms with van der Waals surface area (Å²) in [5, 5.41) is 0. The molecule has 4 unspecified atom stereocenters. The van der Waals surface area contributed by atoms with Gasteiger partial charge in [-0.05, 0) is 65.4 Å². The van der Waals surface area contributed by atoms with Gasteiger partial charge in [0.05, 0.1) is 5.41 Å². The van der Waals surface area contributed by atoms with E-state index >= 15 is 0 Å². The molecule has 0 heterocycles. The van der Waals surface area contributed by atoms with Crippen molar-refractivity contribution in [1.82, 2.24) is 0 Å². The first-order valence-corrected chi connectivity index (χ1v) is 15.1. The minimum atomic E-state index is -0.381. The van der Waals surface area contributed by atoms with Crippen LogP contribution in [-0.4, -0.2) is 0 Å². The summed E-state index contributed by atoms with van der Waals surface area (Å²) in [5.74, 6) is 16.7. The number of rotatable bonds is 13. The molecular formula is C36H62. The van der Waals surface area contributed by atoms with Gasteiger partial charge < -0.3 is 0 Å². The molecule has 0 heteroatoms. The highest BCUT2D eigenvalue weighted by Gasteiger charge is 2.44. The molecule has 0 saturated carbocycles. The number of hydrogen-bond acceptors (Lipinski definition) is 0. The summed E-state index contributed by atoms with van der Waals surface area (Å²) in [5.41, 5.74) is 2.83. The van der Waals surface area contributed by atoms with E-state index in [9.17, 15) is 0 Å². The minimum Gasteiger partial charge on any atom is -0.0907 e. The first-order chi connectivity index (χ1) is 16.7. The molecule has 206 valence electrons. The van der Waals surface area contributed by atoms with Gasteiger partial charge >= 0.3 is 0 Å². The Labute approximate surface area is 228 Å². The van der Waals surface area contributed by atoms with Gasteiger partial charge in [-0.1, -0.05) is 152 Å². The Hall–Kier alpha value is -1.40. The van der Waals surface area contributed by atoms with Gasteiger partial charge in [-0.25, -0.2) is 0 Å². The van der Waals surface area contributed by atoms with Crippen LogP contribution in [0.3, 0.4) is 0 Å². The predicted molar refractivity (Wildman–Crippen MR) is 165 cm³/mol. The Morgan fingerprint density at radius 1 is 0.806 bits per heavy atom. The van der Waals surface area contributed by atoms with Crippen molar-refractivity contribution in [2.75, 3.05) is 0 Å². The van der Waals surface area contributed by atoms with Crippen molar-refractivity contribution in [2.45, 2.75) is 141 Å². The molecule has 0 rings (SSSR count). The molecule has 0 radical (unpaired) electrons. The molecule has 0 nitrogen and oxygen atoms in total. The molecule has 0 N–H and O–H groups in total. The zero-order valence-corrected chi connectivity index (χ0v) is 26.8. The molecule has 0 spiro atoms. The summed E-state index contributed by atoms with van der Waals surface area (Å²) >= 11 is 0. The van der Waals surface area contributed by atoms with E-state index < -0.39 is 0 Å². The van der Waals surface area contributed by atoms with Crippen LogP contribution in [0.5, 0.6) is 0 Å². The van der Waals surface area contributed by atoms with E-state index in [4.69, 9.17) is 0 Å². The summed E-state index contributed by atoms with van der Waals surface area (Å²) in [7, 11) is 0. The third-order valence-electron chi connectivity index (χ3n) is 8.60. The quantitative estimate of drug-likeness (QED) is 0.223. The highest BCUT2D eigenvalue weighted by atomic mass is 14.5. The second-order valence-corrected chi connectivity index (χ2v) is 13.1. The molecule has 36 heavy (non-hydrogen) atoms. The Kier molecular flexibility index (Phi) is 15.1. The van der Waals surface area contributed by atoms with Gasteiger partial charge in [-0.3, -0.25) is 0 Å². The van der Waals surface area contributed by atoms with Gasteiger partial charge in [0.2, 0.25) is 0 Å². The number of allylic oxidation sites excluding steroid dienone is 3. The molecule has 0 aromatic rings. The fraction of sp³-hybridized carbons (Fsp3) is 0.778. The largest absolute Gasteiger partial charge is 0.0998 e. The third kappa shape index (κ3) is 8.58. The van der Waals surface area contributed by atoms with Gasteiger partial charge in [0.25, 0.3) is 0 Å². The number of hydrogen-bond donors (Lipinski definition) is 0. The van der Waals surface area contributed by atoms with Crippen LogP contribution in [0.4, 0.5) is 0 Å². The van der Waals surface area contributed by atoms with E-state index in [0.29, 0.717) is 23.7 Å². The Bertz CT molecular complexity index is 806. The fourth-order valence-corrected chi connectivity index (χ4v) is 6.38. The van der Waals surface area contributed by atoms with Crippen molar-refractivity contribution >= 4 is 0 Å². The van der Waals surface area contributed by atoms with E-state index in [2.05, 4.69) is 120 Å². The van der Waals surface area contributed by atoms with E-state index in [-0.39, 0.29) is 16.2 Å². The maximum absolute atomic E-state index is 3.92. The first-order valence-electron chi connectivity index (χ1n) is 15.1. The normalized spacial score (nSPS) is 17.6. The average molecular weight is 495 g/mol. The lowest BCUT2D eigenvalue weighted by molar-refractivity contribution is 0.150. The lowest BCUT2D eigenvalue weighted by Gasteiger charge is -2.45. The highest BCUT2D eigenvalue weighted by molar-refractivity contribution is 5.44. The number of unbranched alkanes of at least 4 members (excludes halogenated alkanes) is 1. The average Bonchev–Trinajstić information content (AvgIpc) is 2.80. The second-order valence-electron chi connectivity index (χ2n) is 13.1. The Morgan fingerprint density at radius 3 is 1.78 bits per heavy atom. The fourth-order valence-electron chi connectivity index (χ4n) is 6.38. The van der Waals surface area contributed by atoms with Crippen molar-refractivity contribution in [3.05, 3.63) is 23.8 Å². The SMILES string of the molecule is C=CC#CC(C#CC(CC(C)C)=C(C(C)C)C(CCC)(CCCC)C(C)CC)(C(C)CC)C(C)(C)C. The third-order valence-corrected chi connectivity index (χ3v) is 8.60. The van der Waals surface area contributed by atoms with E-state index in [1.54, 1.807) is 11.6 Å². The van der Waals surface area contributed by atoms with Crippen LogP contribution in [0.1, 0.15) is 141 Å². The Morgan fingerprint density at radius 2 is 1.39 bits per heavy atom. The molecule has 0 bridgehead atoms. The van der Waals surface area contributed by atoms with Crippen LogP contribution in [0.25, 0.3) is 0 Å². The molecular weight excluding hydrogens is 432 g/mol. The molecule has 0 aliphatic rings. The van der Waals surface area contributed by atoms with Crippen LogP contribution in [-0.2, 0) is 0 Å². The molecule has 4 atom stereocenters. The van der Waals surface area contributed by atoms with E-state index in [1.165, 1.54) is 44.1 Å². The zero-order chi connectivity index (χ0) is 28.2. The molecule has 0 aromatic heterocycles. The van der Waals surface area contributed by atoms with Gasteiger partial charge in [0, 0.05) is 5.57 Å². The summed E-state index contributed by atoms with van der Waals surface area (Å²) in [6.07, 6.45) is 11.3. The summed E-state index contributed by atoms with van der Waals surface area (Å²) in [6, 6.07) is 0. The van der Waals surface area contributed by atoms with Gasteiger partial charge in [0.15, 0.2) is 0 Å². The molecule has 0 fully saturated rings. The van der Waals surface area contributed by atoms with E-state index in [1.807, 2.05) is 0 Å². The summed E-state index contributed by atoms with van der Waals surface area (Å²) in [4.78, 5) is 0.